The molecule has 45 heavy (non-hydrogen) atoms. The molecule has 4 aliphatic heterocycles. The lowest BCUT2D eigenvalue weighted by molar-refractivity contribution is -0.142. The van der Waals surface area contributed by atoms with Crippen LogP contribution in [0.4, 0.5) is 21.0 Å². The molecule has 5 heterocycles. The number of terminal acetylenes is 1. The highest BCUT2D eigenvalue weighted by molar-refractivity contribution is 7.08. The fraction of sp³-hybridized carbons (Fsp3) is 0.531. The molecule has 13 heteroatoms. The number of fused-ring (bicyclic) bond motifs is 1. The van der Waals surface area contributed by atoms with Crippen LogP contribution in [0.15, 0.2) is 22.9 Å². The van der Waals surface area contributed by atoms with Crippen LogP contribution in [-0.2, 0) is 22.5 Å². The van der Waals surface area contributed by atoms with Crippen LogP contribution in [-0.4, -0.2) is 108 Å². The molecule has 1 atom stereocenters. The number of thiophene rings is 1. The number of benzene rings is 1. The third-order valence-electron chi connectivity index (χ3n) is 9.48. The number of likely N-dealkylation sites (tertiary alicyclic amines) is 2. The van der Waals surface area contributed by atoms with E-state index < -0.39 is 12.2 Å². The second kappa shape index (κ2) is 13.9. The highest BCUT2D eigenvalue weighted by Gasteiger charge is 2.37. The molecule has 0 spiro atoms. The van der Waals surface area contributed by atoms with Gasteiger partial charge in [0.2, 0.25) is 0 Å². The Kier molecular flexibility index (Phi) is 9.70. The van der Waals surface area contributed by atoms with E-state index in [1.54, 1.807) is 28.4 Å². The Hall–Kier alpha value is -3.50. The van der Waals surface area contributed by atoms with Crippen LogP contribution >= 0.6 is 22.9 Å². The second-order valence-electron chi connectivity index (χ2n) is 12.2. The van der Waals surface area contributed by atoms with E-state index >= 15 is 0 Å². The first-order chi connectivity index (χ1) is 21.8. The summed E-state index contributed by atoms with van der Waals surface area (Å²) in [5.74, 6) is 2.33. The number of halogens is 1. The minimum Gasteiger partial charge on any atom is -0.436 e. The maximum absolute atomic E-state index is 13.9. The topological polar surface area (TPSA) is 123 Å². The number of nitrogen functional groups attached to an aromatic ring is 1. The molecule has 2 aromatic rings. The molecule has 1 aromatic carbocycles. The lowest BCUT2D eigenvalue weighted by Gasteiger charge is -2.41. The van der Waals surface area contributed by atoms with E-state index in [4.69, 9.17) is 28.5 Å². The van der Waals surface area contributed by atoms with Crippen molar-refractivity contribution < 1.29 is 19.1 Å². The summed E-state index contributed by atoms with van der Waals surface area (Å²) in [6.07, 6.45) is 7.21. The van der Waals surface area contributed by atoms with E-state index in [1.807, 2.05) is 15.2 Å². The fourth-order valence-electron chi connectivity index (χ4n) is 6.86. The average molecular weight is 654 g/mol. The van der Waals surface area contributed by atoms with Crippen LogP contribution in [0.5, 0.6) is 0 Å². The highest BCUT2D eigenvalue weighted by Crippen LogP contribution is 2.31. The Balaban J connectivity index is 1.11. The van der Waals surface area contributed by atoms with Gasteiger partial charge >= 0.3 is 12.1 Å². The number of carbonyl (C=O) groups excluding carboxylic acids is 3. The van der Waals surface area contributed by atoms with E-state index in [-0.39, 0.29) is 24.4 Å². The van der Waals surface area contributed by atoms with Crippen molar-refractivity contribution in [1.82, 2.24) is 24.9 Å². The number of piperidine rings is 2. The molecule has 3 fully saturated rings. The molecule has 4 amide bonds. The predicted octanol–water partition coefficient (Wildman–Crippen LogP) is 3.42. The van der Waals surface area contributed by atoms with Gasteiger partial charge in [-0.3, -0.25) is 9.69 Å². The summed E-state index contributed by atoms with van der Waals surface area (Å²) in [6, 6.07) is 3.74. The Morgan fingerprint density at radius 3 is 2.44 bits per heavy atom. The minimum atomic E-state index is -1.04. The zero-order valence-electron chi connectivity index (χ0n) is 25.3. The van der Waals surface area contributed by atoms with E-state index in [9.17, 15) is 14.4 Å². The van der Waals surface area contributed by atoms with Crippen LogP contribution in [0.25, 0.3) is 0 Å². The van der Waals surface area contributed by atoms with Gasteiger partial charge in [0.25, 0.3) is 5.91 Å². The van der Waals surface area contributed by atoms with Gasteiger partial charge in [-0.2, -0.15) is 0 Å². The van der Waals surface area contributed by atoms with Crippen molar-refractivity contribution in [2.75, 3.05) is 63.4 Å². The van der Waals surface area contributed by atoms with Gasteiger partial charge in [0.1, 0.15) is 0 Å². The molecule has 0 bridgehead atoms. The van der Waals surface area contributed by atoms with Gasteiger partial charge in [-0.15, -0.1) is 17.8 Å². The molecule has 11 nitrogen and oxygen atoms in total. The molecule has 1 aromatic heterocycles. The van der Waals surface area contributed by atoms with Crippen molar-refractivity contribution in [2.45, 2.75) is 56.8 Å². The number of urea groups is 1. The first kappa shape index (κ1) is 31.5. The number of ether oxygens (including phenoxy) is 1. The molecule has 240 valence electrons. The summed E-state index contributed by atoms with van der Waals surface area (Å²) in [5, 5.41) is 10.7. The Morgan fingerprint density at radius 1 is 1.04 bits per heavy atom. The van der Waals surface area contributed by atoms with Crippen molar-refractivity contribution in [3.8, 4) is 12.3 Å². The number of nitrogens with one attached hydrogen (secondary N) is 2. The molecular weight excluding hydrogens is 614 g/mol. The second-order valence-corrected chi connectivity index (χ2v) is 13.3. The van der Waals surface area contributed by atoms with Crippen molar-refractivity contribution in [3.63, 3.8) is 0 Å². The summed E-state index contributed by atoms with van der Waals surface area (Å²) >= 11 is 7.93. The number of nitrogens with two attached hydrogens (primary N) is 1. The van der Waals surface area contributed by atoms with Gasteiger partial charge in [-0.05, 0) is 48.8 Å². The quantitative estimate of drug-likeness (QED) is 0.323. The van der Waals surface area contributed by atoms with Gasteiger partial charge in [-0.1, -0.05) is 17.5 Å². The molecule has 6 rings (SSSR count). The lowest BCUT2D eigenvalue weighted by Crippen LogP contribution is -2.54. The van der Waals surface area contributed by atoms with Crippen LogP contribution in [0, 0.1) is 12.3 Å². The van der Waals surface area contributed by atoms with Crippen LogP contribution in [0.2, 0.25) is 5.02 Å². The monoisotopic (exact) mass is 653 g/mol. The molecule has 4 aliphatic rings. The molecular formula is C32H40ClN7O4S. The van der Waals surface area contributed by atoms with Crippen molar-refractivity contribution >= 4 is 52.3 Å². The van der Waals surface area contributed by atoms with Crippen LogP contribution in [0.3, 0.4) is 0 Å². The van der Waals surface area contributed by atoms with Gasteiger partial charge in [0.05, 0.1) is 22.9 Å². The summed E-state index contributed by atoms with van der Waals surface area (Å²) in [7, 11) is 0. The van der Waals surface area contributed by atoms with E-state index in [0.29, 0.717) is 73.4 Å². The maximum Gasteiger partial charge on any atom is 0.410 e. The number of hydrogen-bond donors (Lipinski definition) is 3. The molecule has 0 saturated carbocycles. The summed E-state index contributed by atoms with van der Waals surface area (Å²) in [5.41, 5.74) is 9.43. The standard InChI is InChI=1S/C32H40ClN7O4S/c1-2-22-15-21(16-26(33)29(22)34)17-28(30(41)38-9-3-24(4-10-38)37-13-7-35-8-14-37)44-32(43)39-11-5-25(6-12-39)40-18-23-19-45-20-27(23)36-31(40)42/h1,15-16,19-20,24-25,28,35H,3-14,17-18,34H2,(H,36,42)/t28-/m1/s1. The minimum absolute atomic E-state index is 0.00983. The molecule has 0 aliphatic carbocycles. The largest absolute Gasteiger partial charge is 0.436 e. The third-order valence-corrected chi connectivity index (χ3v) is 10.6. The van der Waals surface area contributed by atoms with Crippen molar-refractivity contribution in [3.05, 3.63) is 44.6 Å². The molecule has 3 saturated heterocycles. The van der Waals surface area contributed by atoms with Crippen molar-refractivity contribution in [2.24, 2.45) is 0 Å². The van der Waals surface area contributed by atoms with Gasteiger partial charge < -0.3 is 35.8 Å². The Labute approximate surface area is 273 Å². The van der Waals surface area contributed by atoms with E-state index in [2.05, 4.69) is 26.8 Å². The SMILES string of the molecule is C#Cc1cc(C[C@@H](OC(=O)N2CCC(N3Cc4cscc4NC3=O)CC2)C(=O)N2CCC(N3CCNCC3)CC2)cc(Cl)c1N. The first-order valence-corrected chi connectivity index (χ1v) is 17.0. The zero-order chi connectivity index (χ0) is 31.5. The number of anilines is 2. The Bertz CT molecular complexity index is 1460. The van der Waals surface area contributed by atoms with Crippen molar-refractivity contribution in [1.29, 1.82) is 0 Å². The smallest absolute Gasteiger partial charge is 0.410 e. The van der Waals surface area contributed by atoms with Crippen LogP contribution in [0.1, 0.15) is 42.4 Å². The molecule has 4 N–H and O–H groups in total. The van der Waals surface area contributed by atoms with Gasteiger partial charge in [-0.25, -0.2) is 9.59 Å². The van der Waals surface area contributed by atoms with Gasteiger partial charge in [0.15, 0.2) is 6.10 Å². The fourth-order valence-corrected chi connectivity index (χ4v) is 7.88. The normalized spacial score (nSPS) is 20.7. The number of amides is 4. The predicted molar refractivity (Wildman–Crippen MR) is 175 cm³/mol. The summed E-state index contributed by atoms with van der Waals surface area (Å²) in [4.78, 5) is 48.0. The highest BCUT2D eigenvalue weighted by atomic mass is 35.5. The average Bonchev–Trinajstić information content (AvgIpc) is 3.53. The first-order valence-electron chi connectivity index (χ1n) is 15.7. The number of rotatable bonds is 6. The number of nitrogens with zero attached hydrogens (tertiary/aromatic N) is 4. The van der Waals surface area contributed by atoms with E-state index in [0.717, 1.165) is 50.3 Å². The Morgan fingerprint density at radius 2 is 1.73 bits per heavy atom. The number of piperazine rings is 1. The number of carbonyl (C=O) groups is 3. The molecule has 0 unspecified atom stereocenters. The van der Waals surface area contributed by atoms with Gasteiger partial charge in [0, 0.05) is 87.4 Å². The summed E-state index contributed by atoms with van der Waals surface area (Å²) in [6.45, 7) is 6.63. The maximum atomic E-state index is 13.9. The molecule has 0 radical (unpaired) electrons. The lowest BCUT2D eigenvalue weighted by atomic mass is 9.99. The van der Waals surface area contributed by atoms with E-state index in [1.165, 1.54) is 0 Å². The van der Waals surface area contributed by atoms with Crippen LogP contribution < -0.4 is 16.4 Å². The summed E-state index contributed by atoms with van der Waals surface area (Å²) < 4.78 is 5.99. The third kappa shape index (κ3) is 7.02. The zero-order valence-corrected chi connectivity index (χ0v) is 26.9. The number of hydrogen-bond acceptors (Lipinski definition) is 8.